The molecule has 15 heteroatoms. The first-order valence-corrected chi connectivity index (χ1v) is 6.04. The molecule has 0 aliphatic heterocycles. The quantitative estimate of drug-likeness (QED) is 0.709. The zero-order valence-electron chi connectivity index (χ0n) is 12.2. The molecule has 1 aromatic carbocycles. The number of halogens is 12. The Bertz CT molecular complexity index is 553. The zero-order valence-corrected chi connectivity index (χ0v) is 12.2. The highest BCUT2D eigenvalue weighted by atomic mass is 19.4. The molecule has 0 saturated heterocycles. The van der Waals surface area contributed by atoms with Gasteiger partial charge in [-0.15, -0.1) is 0 Å². The number of rotatable bonds is 2. The molecule has 27 heavy (non-hydrogen) atoms. The summed E-state index contributed by atoms with van der Waals surface area (Å²) in [4.78, 5) is 0. The predicted molar refractivity (Wildman–Crippen MR) is 62.1 cm³/mol. The van der Waals surface area contributed by atoms with Crippen LogP contribution in [-0.2, 0) is 11.2 Å². The first-order chi connectivity index (χ1) is 11.2. The number of aliphatic hydroxyl groups is 2. The lowest BCUT2D eigenvalue weighted by Gasteiger charge is -2.34. The van der Waals surface area contributed by atoms with E-state index >= 15 is 0 Å². The van der Waals surface area contributed by atoms with Gasteiger partial charge in [-0.05, 0) is 0 Å². The van der Waals surface area contributed by atoms with Gasteiger partial charge in [-0.2, -0.15) is 52.7 Å². The molecule has 3 nitrogen and oxygen atoms in total. The van der Waals surface area contributed by atoms with E-state index in [1.54, 1.807) is 0 Å². The molecule has 0 amide bonds. The van der Waals surface area contributed by atoms with E-state index in [1.807, 2.05) is 0 Å². The van der Waals surface area contributed by atoms with Gasteiger partial charge >= 0.3 is 24.7 Å². The third kappa shape index (κ3) is 3.80. The van der Waals surface area contributed by atoms with Gasteiger partial charge in [0, 0.05) is 11.1 Å². The standard InChI is InChI=1S/C12H6F12O2.H2O/c13-9(14,15)7(25,10(16,17)18)5-1-2-6(4-3-5)8(26,11(19,20)21)12(22,23)24;/h1-4,25-26H;1H2. The second kappa shape index (κ2) is 6.70. The molecule has 0 bridgehead atoms. The Balaban J connectivity index is 0.00000676. The SMILES string of the molecule is O.OC(c1ccc(C(O)(C(F)(F)F)C(F)(F)F)cc1)(C(F)(F)F)C(F)(F)F. The van der Waals surface area contributed by atoms with Gasteiger partial charge in [0.15, 0.2) is 0 Å². The van der Waals surface area contributed by atoms with E-state index in [0.717, 1.165) is 0 Å². The van der Waals surface area contributed by atoms with E-state index in [9.17, 15) is 52.7 Å². The molecule has 1 aromatic rings. The van der Waals surface area contributed by atoms with Gasteiger partial charge in [0.25, 0.3) is 11.2 Å². The fourth-order valence-electron chi connectivity index (χ4n) is 1.93. The molecule has 0 heterocycles. The van der Waals surface area contributed by atoms with Crippen molar-refractivity contribution in [1.82, 2.24) is 0 Å². The van der Waals surface area contributed by atoms with Crippen LogP contribution in [0.5, 0.6) is 0 Å². The van der Waals surface area contributed by atoms with E-state index in [2.05, 4.69) is 0 Å². The minimum absolute atomic E-state index is 0. The van der Waals surface area contributed by atoms with Gasteiger partial charge in [-0.1, -0.05) is 24.3 Å². The molecule has 0 aromatic heterocycles. The van der Waals surface area contributed by atoms with Crippen molar-refractivity contribution in [2.24, 2.45) is 0 Å². The molecule has 0 unspecified atom stereocenters. The monoisotopic (exact) mass is 428 g/mol. The molecule has 1 rings (SSSR count). The smallest absolute Gasteiger partial charge is 0.412 e. The van der Waals surface area contributed by atoms with E-state index < -0.39 is 71.3 Å². The zero-order chi connectivity index (χ0) is 21.0. The summed E-state index contributed by atoms with van der Waals surface area (Å²) in [5.74, 6) is 0. The van der Waals surface area contributed by atoms with Gasteiger partial charge in [0.1, 0.15) is 0 Å². The highest BCUT2D eigenvalue weighted by Gasteiger charge is 2.73. The maximum Gasteiger partial charge on any atom is 0.430 e. The van der Waals surface area contributed by atoms with Crippen LogP contribution in [0.25, 0.3) is 0 Å². The molecular weight excluding hydrogens is 420 g/mol. The highest BCUT2D eigenvalue weighted by Crippen LogP contribution is 2.52. The highest BCUT2D eigenvalue weighted by molar-refractivity contribution is 5.34. The summed E-state index contributed by atoms with van der Waals surface area (Å²) in [5.41, 5.74) is -15.3. The summed E-state index contributed by atoms with van der Waals surface area (Å²) in [6.07, 6.45) is -25.6. The third-order valence-electron chi connectivity index (χ3n) is 3.36. The van der Waals surface area contributed by atoms with Crippen LogP contribution < -0.4 is 0 Å². The first-order valence-electron chi connectivity index (χ1n) is 6.04. The van der Waals surface area contributed by atoms with Crippen LogP contribution in [0.15, 0.2) is 24.3 Å². The summed E-state index contributed by atoms with van der Waals surface area (Å²) in [6, 6.07) is -1.78. The Morgan fingerprint density at radius 2 is 0.593 bits per heavy atom. The Hall–Kier alpha value is -1.74. The van der Waals surface area contributed by atoms with Crippen LogP contribution in [0.3, 0.4) is 0 Å². The van der Waals surface area contributed by atoms with Crippen LogP contribution in [0, 0.1) is 0 Å². The van der Waals surface area contributed by atoms with Crippen molar-refractivity contribution in [3.05, 3.63) is 35.4 Å². The topological polar surface area (TPSA) is 72.0 Å². The second-order valence-corrected chi connectivity index (χ2v) is 4.99. The number of benzene rings is 1. The van der Waals surface area contributed by atoms with E-state index in [-0.39, 0.29) is 5.48 Å². The minimum Gasteiger partial charge on any atom is -0.412 e. The molecule has 158 valence electrons. The molecule has 0 saturated carbocycles. The summed E-state index contributed by atoms with van der Waals surface area (Å²) >= 11 is 0. The maximum atomic E-state index is 12.6. The summed E-state index contributed by atoms with van der Waals surface area (Å²) in [5, 5.41) is 18.0. The van der Waals surface area contributed by atoms with Gasteiger partial charge < -0.3 is 15.7 Å². The first kappa shape index (κ1) is 25.3. The van der Waals surface area contributed by atoms with Crippen molar-refractivity contribution in [3.63, 3.8) is 0 Å². The van der Waals surface area contributed by atoms with E-state index in [0.29, 0.717) is 0 Å². The van der Waals surface area contributed by atoms with Gasteiger partial charge in [0.05, 0.1) is 0 Å². The molecule has 0 aliphatic rings. The molecule has 0 radical (unpaired) electrons. The lowest BCUT2D eigenvalue weighted by Crippen LogP contribution is -2.55. The molecule has 0 spiro atoms. The van der Waals surface area contributed by atoms with Crippen molar-refractivity contribution in [2.45, 2.75) is 35.9 Å². The van der Waals surface area contributed by atoms with Gasteiger partial charge in [-0.3, -0.25) is 0 Å². The van der Waals surface area contributed by atoms with Crippen LogP contribution >= 0.6 is 0 Å². The van der Waals surface area contributed by atoms with Crippen molar-refractivity contribution in [2.75, 3.05) is 0 Å². The number of hydrogen-bond donors (Lipinski definition) is 2. The Morgan fingerprint density at radius 3 is 0.704 bits per heavy atom. The summed E-state index contributed by atoms with van der Waals surface area (Å²) in [7, 11) is 0. The fourth-order valence-corrected chi connectivity index (χ4v) is 1.93. The van der Waals surface area contributed by atoms with Crippen LogP contribution in [-0.4, -0.2) is 40.4 Å². The molecule has 0 fully saturated rings. The predicted octanol–water partition coefficient (Wildman–Crippen LogP) is 3.49. The van der Waals surface area contributed by atoms with Gasteiger partial charge in [0.2, 0.25) is 0 Å². The average Bonchev–Trinajstić information content (AvgIpc) is 2.40. The van der Waals surface area contributed by atoms with Crippen LogP contribution in [0.2, 0.25) is 0 Å². The maximum absolute atomic E-state index is 12.6. The second-order valence-electron chi connectivity index (χ2n) is 4.99. The normalized spacial score (nSPS) is 14.7. The Morgan fingerprint density at radius 1 is 0.444 bits per heavy atom. The van der Waals surface area contributed by atoms with Crippen molar-refractivity contribution >= 4 is 0 Å². The van der Waals surface area contributed by atoms with Crippen molar-refractivity contribution in [1.29, 1.82) is 0 Å². The lowest BCUT2D eigenvalue weighted by atomic mass is 9.87. The number of hydrogen-bond acceptors (Lipinski definition) is 2. The summed E-state index contributed by atoms with van der Waals surface area (Å²) in [6.45, 7) is 0. The van der Waals surface area contributed by atoms with E-state index in [4.69, 9.17) is 10.2 Å². The molecule has 0 atom stereocenters. The van der Waals surface area contributed by atoms with Crippen LogP contribution in [0.4, 0.5) is 52.7 Å². The minimum atomic E-state index is -6.39. The van der Waals surface area contributed by atoms with E-state index in [1.165, 1.54) is 0 Å². The largest absolute Gasteiger partial charge is 0.430 e. The molecular formula is C12H8F12O3. The molecule has 0 aliphatic carbocycles. The molecule has 4 N–H and O–H groups in total. The van der Waals surface area contributed by atoms with Crippen LogP contribution in [0.1, 0.15) is 11.1 Å². The average molecular weight is 428 g/mol. The Kier molecular flexibility index (Phi) is 6.27. The van der Waals surface area contributed by atoms with Crippen molar-refractivity contribution in [3.8, 4) is 0 Å². The van der Waals surface area contributed by atoms with Gasteiger partial charge in [-0.25, -0.2) is 0 Å². The van der Waals surface area contributed by atoms with Crippen molar-refractivity contribution < 1.29 is 68.4 Å². The lowest BCUT2D eigenvalue weighted by molar-refractivity contribution is -0.378. The fraction of sp³-hybridized carbons (Fsp3) is 0.500. The Labute approximate surface area is 141 Å². The third-order valence-corrected chi connectivity index (χ3v) is 3.36. The summed E-state index contributed by atoms with van der Waals surface area (Å²) < 4.78 is 151. The number of alkyl halides is 12.